The van der Waals surface area contributed by atoms with E-state index >= 15 is 0 Å². The van der Waals surface area contributed by atoms with Crippen LogP contribution in [0, 0.1) is 19.7 Å². The van der Waals surface area contributed by atoms with Crippen molar-refractivity contribution < 1.29 is 9.18 Å². The molecule has 9 heteroatoms. The van der Waals surface area contributed by atoms with Gasteiger partial charge < -0.3 is 9.88 Å². The lowest BCUT2D eigenvalue weighted by Gasteiger charge is -2.11. The summed E-state index contributed by atoms with van der Waals surface area (Å²) in [5, 5.41) is 16.4. The number of nitrogens with zero attached hydrogens (tertiary/aromatic N) is 5. The molecule has 1 aliphatic rings. The van der Waals surface area contributed by atoms with Gasteiger partial charge >= 0.3 is 0 Å². The fraction of sp³-hybridized carbons (Fsp3) is 0.280. The number of rotatable bonds is 4. The zero-order chi connectivity index (χ0) is 23.8. The summed E-state index contributed by atoms with van der Waals surface area (Å²) in [7, 11) is 0. The highest BCUT2D eigenvalue weighted by Crippen LogP contribution is 2.27. The zero-order valence-electron chi connectivity index (χ0n) is 19.0. The van der Waals surface area contributed by atoms with Crippen molar-refractivity contribution in [3.63, 3.8) is 0 Å². The van der Waals surface area contributed by atoms with E-state index in [4.69, 9.17) is 11.6 Å². The maximum absolute atomic E-state index is 14.6. The Morgan fingerprint density at radius 3 is 2.59 bits per heavy atom. The highest BCUT2D eigenvalue weighted by atomic mass is 35.5. The van der Waals surface area contributed by atoms with Gasteiger partial charge in [-0.15, -0.1) is 10.2 Å². The van der Waals surface area contributed by atoms with Gasteiger partial charge in [-0.25, -0.2) is 9.07 Å². The summed E-state index contributed by atoms with van der Waals surface area (Å²) in [5.41, 5.74) is 3.56. The van der Waals surface area contributed by atoms with E-state index in [0.717, 1.165) is 55.1 Å². The molecule has 0 saturated carbocycles. The Hall–Kier alpha value is -3.52. The predicted molar refractivity (Wildman–Crippen MR) is 129 cm³/mol. The summed E-state index contributed by atoms with van der Waals surface area (Å²) in [4.78, 5) is 12.9. The van der Waals surface area contributed by atoms with E-state index in [1.165, 1.54) is 6.07 Å². The SMILES string of the molecule is Cc1nn(-c2ccc(C(=O)Nc3cc(-c4nnc5n4CCCCC5)ccc3F)cc2)c(C)c1Cl. The van der Waals surface area contributed by atoms with Crippen LogP contribution in [0.1, 0.15) is 46.8 Å². The maximum atomic E-state index is 14.6. The number of halogens is 2. The molecule has 34 heavy (non-hydrogen) atoms. The van der Waals surface area contributed by atoms with Crippen molar-refractivity contribution in [1.29, 1.82) is 0 Å². The number of hydrogen-bond donors (Lipinski definition) is 1. The van der Waals surface area contributed by atoms with E-state index in [9.17, 15) is 9.18 Å². The molecule has 0 saturated heterocycles. The van der Waals surface area contributed by atoms with Crippen molar-refractivity contribution in [2.75, 3.05) is 5.32 Å². The second kappa shape index (κ2) is 9.02. The van der Waals surface area contributed by atoms with Gasteiger partial charge in [0.05, 0.1) is 27.8 Å². The smallest absolute Gasteiger partial charge is 0.255 e. The molecule has 2 aromatic heterocycles. The average Bonchev–Trinajstić information content (AvgIpc) is 3.25. The summed E-state index contributed by atoms with van der Waals surface area (Å²) in [5.74, 6) is 0.724. The van der Waals surface area contributed by atoms with Crippen LogP contribution in [0.3, 0.4) is 0 Å². The summed E-state index contributed by atoms with van der Waals surface area (Å²) in [6.07, 6.45) is 4.19. The molecule has 0 radical (unpaired) electrons. The zero-order valence-corrected chi connectivity index (χ0v) is 19.7. The molecule has 1 aliphatic heterocycles. The van der Waals surface area contributed by atoms with Crippen molar-refractivity contribution in [3.8, 4) is 17.1 Å². The highest BCUT2D eigenvalue weighted by molar-refractivity contribution is 6.31. The highest BCUT2D eigenvalue weighted by Gasteiger charge is 2.18. The van der Waals surface area contributed by atoms with Crippen LogP contribution in [0.2, 0.25) is 5.02 Å². The van der Waals surface area contributed by atoms with Gasteiger partial charge in [-0.05, 0) is 69.2 Å². The number of amides is 1. The summed E-state index contributed by atoms with van der Waals surface area (Å²) < 4.78 is 18.4. The topological polar surface area (TPSA) is 77.6 Å². The molecule has 0 bridgehead atoms. The van der Waals surface area contributed by atoms with E-state index in [2.05, 4.69) is 25.2 Å². The van der Waals surface area contributed by atoms with E-state index in [0.29, 0.717) is 22.0 Å². The van der Waals surface area contributed by atoms with Crippen LogP contribution in [0.25, 0.3) is 17.1 Å². The summed E-state index contributed by atoms with van der Waals surface area (Å²) in [6, 6.07) is 11.5. The first-order valence-corrected chi connectivity index (χ1v) is 11.7. The first-order valence-electron chi connectivity index (χ1n) is 11.3. The second-order valence-electron chi connectivity index (χ2n) is 8.49. The van der Waals surface area contributed by atoms with Gasteiger partial charge in [0.25, 0.3) is 5.91 Å². The lowest BCUT2D eigenvalue weighted by molar-refractivity contribution is 0.102. The molecule has 0 unspecified atom stereocenters. The molecular weight excluding hydrogens is 455 g/mol. The van der Waals surface area contributed by atoms with E-state index in [-0.39, 0.29) is 5.69 Å². The minimum Gasteiger partial charge on any atom is -0.319 e. The van der Waals surface area contributed by atoms with Crippen LogP contribution in [-0.2, 0) is 13.0 Å². The Bertz CT molecular complexity index is 1380. The Balaban J connectivity index is 1.38. The fourth-order valence-corrected chi connectivity index (χ4v) is 4.40. The standard InChI is InChI=1S/C25H24ClFN6O/c1-15-23(26)16(2)33(31-15)19-10-7-17(8-11-19)25(34)28-21-14-18(9-12-20(21)27)24-30-29-22-6-4-3-5-13-32(22)24/h7-12,14H,3-6,13H2,1-2H3,(H,28,34). The van der Waals surface area contributed by atoms with E-state index in [1.807, 2.05) is 13.8 Å². The lowest BCUT2D eigenvalue weighted by Crippen LogP contribution is -2.13. The molecule has 3 heterocycles. The van der Waals surface area contributed by atoms with Gasteiger partial charge in [0.1, 0.15) is 11.6 Å². The van der Waals surface area contributed by atoms with Crippen LogP contribution in [0.4, 0.5) is 10.1 Å². The van der Waals surface area contributed by atoms with Crippen LogP contribution in [0.5, 0.6) is 0 Å². The van der Waals surface area contributed by atoms with Crippen molar-refractivity contribution in [3.05, 3.63) is 76.1 Å². The summed E-state index contributed by atoms with van der Waals surface area (Å²) >= 11 is 6.24. The number of nitrogens with one attached hydrogen (secondary N) is 1. The molecule has 174 valence electrons. The van der Waals surface area contributed by atoms with Gasteiger partial charge in [-0.3, -0.25) is 4.79 Å². The molecule has 0 aliphatic carbocycles. The first kappa shape index (κ1) is 22.3. The van der Waals surface area contributed by atoms with Gasteiger partial charge in [0, 0.05) is 24.1 Å². The summed E-state index contributed by atoms with van der Waals surface area (Å²) in [6.45, 7) is 4.56. The monoisotopic (exact) mass is 478 g/mol. The first-order chi connectivity index (χ1) is 16.4. The van der Waals surface area contributed by atoms with Gasteiger partial charge in [0.15, 0.2) is 5.82 Å². The normalized spacial score (nSPS) is 13.4. The Kier molecular flexibility index (Phi) is 5.91. The average molecular weight is 479 g/mol. The Morgan fingerprint density at radius 2 is 1.85 bits per heavy atom. The molecular formula is C25H24ClFN6O. The Labute approximate surface area is 201 Å². The number of carbonyl (C=O) groups excluding carboxylic acids is 1. The molecule has 0 fully saturated rings. The van der Waals surface area contributed by atoms with Crippen LogP contribution >= 0.6 is 11.6 Å². The van der Waals surface area contributed by atoms with Gasteiger partial charge in [-0.2, -0.15) is 5.10 Å². The molecule has 5 rings (SSSR count). The van der Waals surface area contributed by atoms with Crippen molar-refractivity contribution >= 4 is 23.2 Å². The second-order valence-corrected chi connectivity index (χ2v) is 8.87. The molecule has 2 aromatic carbocycles. The van der Waals surface area contributed by atoms with E-state index < -0.39 is 11.7 Å². The lowest BCUT2D eigenvalue weighted by atomic mass is 10.1. The quantitative estimate of drug-likeness (QED) is 0.419. The Morgan fingerprint density at radius 1 is 1.06 bits per heavy atom. The number of aromatic nitrogens is 5. The number of anilines is 1. The molecule has 1 amide bonds. The largest absolute Gasteiger partial charge is 0.319 e. The number of fused-ring (bicyclic) bond motifs is 1. The molecule has 0 spiro atoms. The van der Waals surface area contributed by atoms with Crippen molar-refractivity contribution in [2.24, 2.45) is 0 Å². The minimum absolute atomic E-state index is 0.0999. The third kappa shape index (κ3) is 4.09. The molecule has 4 aromatic rings. The van der Waals surface area contributed by atoms with E-state index in [1.54, 1.807) is 41.1 Å². The fourth-order valence-electron chi connectivity index (χ4n) is 4.28. The minimum atomic E-state index is -0.512. The van der Waals surface area contributed by atoms with Gasteiger partial charge in [-0.1, -0.05) is 18.0 Å². The number of aryl methyl sites for hydroxylation is 2. The number of hydrogen-bond acceptors (Lipinski definition) is 4. The predicted octanol–water partition coefficient (Wildman–Crippen LogP) is 5.52. The molecule has 7 nitrogen and oxygen atoms in total. The van der Waals surface area contributed by atoms with Gasteiger partial charge in [0.2, 0.25) is 0 Å². The third-order valence-electron chi connectivity index (χ3n) is 6.16. The van der Waals surface area contributed by atoms with Crippen LogP contribution in [-0.4, -0.2) is 30.5 Å². The number of carbonyl (C=O) groups is 1. The number of benzene rings is 2. The van der Waals surface area contributed by atoms with Crippen LogP contribution < -0.4 is 5.32 Å². The van der Waals surface area contributed by atoms with Crippen molar-refractivity contribution in [2.45, 2.75) is 46.1 Å². The molecule has 0 atom stereocenters. The third-order valence-corrected chi connectivity index (χ3v) is 6.71. The molecule has 1 N–H and O–H groups in total. The van der Waals surface area contributed by atoms with Crippen molar-refractivity contribution in [1.82, 2.24) is 24.5 Å². The maximum Gasteiger partial charge on any atom is 0.255 e. The van der Waals surface area contributed by atoms with Crippen LogP contribution in [0.15, 0.2) is 42.5 Å².